The minimum absolute atomic E-state index is 0.195. The zero-order valence-electron chi connectivity index (χ0n) is 33.0. The third kappa shape index (κ3) is 5.09. The van der Waals surface area contributed by atoms with E-state index in [0.717, 1.165) is 34.9 Å². The summed E-state index contributed by atoms with van der Waals surface area (Å²) in [5.74, 6) is 2.01. The summed E-state index contributed by atoms with van der Waals surface area (Å²) >= 11 is 0. The molecule has 2 aliphatic carbocycles. The van der Waals surface area contributed by atoms with Crippen LogP contribution in [0.4, 0.5) is 0 Å². The molecule has 9 aromatic rings. The quantitative estimate of drug-likeness (QED) is 0.144. The van der Waals surface area contributed by atoms with Gasteiger partial charge in [-0.15, -0.1) is 0 Å². The molecule has 0 spiro atoms. The summed E-state index contributed by atoms with van der Waals surface area (Å²) in [4.78, 5) is 5.26. The van der Waals surface area contributed by atoms with E-state index in [1.165, 1.54) is 66.3 Å². The first-order valence-electron chi connectivity index (χ1n) is 20.9. The van der Waals surface area contributed by atoms with Gasteiger partial charge in [0.15, 0.2) is 0 Å². The maximum atomic E-state index is 5.26. The van der Waals surface area contributed by atoms with E-state index < -0.39 is 5.41 Å². The van der Waals surface area contributed by atoms with E-state index in [-0.39, 0.29) is 6.04 Å². The molecule has 0 radical (unpaired) electrons. The molecule has 1 aromatic heterocycles. The van der Waals surface area contributed by atoms with E-state index in [4.69, 9.17) is 4.99 Å². The molecule has 3 nitrogen and oxygen atoms in total. The zero-order valence-corrected chi connectivity index (χ0v) is 33.0. The molecule has 1 unspecified atom stereocenters. The third-order valence-electron chi connectivity index (χ3n) is 12.8. The van der Waals surface area contributed by atoms with Crippen molar-refractivity contribution in [3.8, 4) is 27.9 Å². The van der Waals surface area contributed by atoms with Gasteiger partial charge >= 0.3 is 0 Å². The fraction of sp³-hybridized carbons (Fsp3) is 0.0526. The van der Waals surface area contributed by atoms with Crippen LogP contribution in [0.2, 0.25) is 0 Å². The molecule has 1 atom stereocenters. The fourth-order valence-electron chi connectivity index (χ4n) is 10.2. The minimum atomic E-state index is -0.484. The van der Waals surface area contributed by atoms with Crippen LogP contribution in [0.25, 0.3) is 49.7 Å². The fourth-order valence-corrected chi connectivity index (χ4v) is 10.2. The SMILES string of the molecule is C1=CCC([N+]2=C(c3cccc(-n4c5cc(-c6ccccc6)ccc5c5c6c(ccc54)C(c4ccccc4)(c4ccccc4)c4ccccc4-6)c3)N=C2c2ccccc2)C=C1. The van der Waals surface area contributed by atoms with Crippen molar-refractivity contribution in [2.24, 2.45) is 4.99 Å². The van der Waals surface area contributed by atoms with E-state index >= 15 is 0 Å². The second-order valence-electron chi connectivity index (χ2n) is 16.0. The molecule has 0 N–H and O–H groups in total. The van der Waals surface area contributed by atoms with Crippen LogP contribution in [0.1, 0.15) is 39.8 Å². The number of amidine groups is 2. The van der Waals surface area contributed by atoms with Crippen LogP contribution in [0, 0.1) is 0 Å². The second kappa shape index (κ2) is 13.8. The number of aliphatic imine (C=N–C) groups is 1. The molecule has 8 aromatic carbocycles. The number of fused-ring (bicyclic) bond motifs is 7. The number of hydrogen-bond acceptors (Lipinski definition) is 1. The van der Waals surface area contributed by atoms with Crippen LogP contribution in [-0.2, 0) is 5.41 Å². The molecule has 0 amide bonds. The van der Waals surface area contributed by atoms with Crippen LogP contribution in [0.5, 0.6) is 0 Å². The molecule has 3 heteroatoms. The van der Waals surface area contributed by atoms with Gasteiger partial charge in [-0.3, -0.25) is 0 Å². The smallest absolute Gasteiger partial charge is 0.274 e. The molecule has 0 saturated carbocycles. The van der Waals surface area contributed by atoms with Crippen molar-refractivity contribution in [3.05, 3.63) is 258 Å². The monoisotopic (exact) mass is 766 g/mol. The number of aromatic nitrogens is 1. The molecule has 12 rings (SSSR count). The Morgan fingerprint density at radius 3 is 1.90 bits per heavy atom. The van der Waals surface area contributed by atoms with Crippen molar-refractivity contribution in [1.29, 1.82) is 0 Å². The van der Waals surface area contributed by atoms with Crippen molar-refractivity contribution in [1.82, 2.24) is 4.57 Å². The molecule has 60 heavy (non-hydrogen) atoms. The minimum Gasteiger partial charge on any atom is -0.309 e. The van der Waals surface area contributed by atoms with Gasteiger partial charge < -0.3 is 4.57 Å². The van der Waals surface area contributed by atoms with E-state index in [9.17, 15) is 0 Å². The molecule has 1 aliphatic heterocycles. The normalized spacial score (nSPS) is 16.1. The number of rotatable bonds is 7. The molecule has 0 bridgehead atoms. The predicted molar refractivity (Wildman–Crippen MR) is 248 cm³/mol. The lowest BCUT2D eigenvalue weighted by molar-refractivity contribution is -0.450. The number of hydrogen-bond donors (Lipinski definition) is 0. The maximum absolute atomic E-state index is 5.26. The van der Waals surface area contributed by atoms with Gasteiger partial charge in [0.1, 0.15) is 6.04 Å². The van der Waals surface area contributed by atoms with E-state index in [0.29, 0.717) is 0 Å². The topological polar surface area (TPSA) is 20.3 Å². The summed E-state index contributed by atoms with van der Waals surface area (Å²) < 4.78 is 4.91. The number of benzene rings is 8. The molecular weight excluding hydrogens is 727 g/mol. The molecule has 2 heterocycles. The predicted octanol–water partition coefficient (Wildman–Crippen LogP) is 12.9. The molecule has 0 saturated heterocycles. The maximum Gasteiger partial charge on any atom is 0.274 e. The summed E-state index contributed by atoms with van der Waals surface area (Å²) in [6.07, 6.45) is 9.78. The van der Waals surface area contributed by atoms with Crippen LogP contribution in [0.15, 0.2) is 229 Å². The molecule has 3 aliphatic rings. The van der Waals surface area contributed by atoms with Crippen molar-refractivity contribution in [2.75, 3.05) is 0 Å². The Labute approximate surface area is 349 Å². The Morgan fingerprint density at radius 2 is 1.18 bits per heavy atom. The first-order valence-corrected chi connectivity index (χ1v) is 20.9. The molecule has 282 valence electrons. The Hall–Kier alpha value is -7.62. The third-order valence-corrected chi connectivity index (χ3v) is 12.8. The lowest BCUT2D eigenvalue weighted by Gasteiger charge is -2.33. The number of allylic oxidation sites excluding steroid dienone is 2. The van der Waals surface area contributed by atoms with Gasteiger partial charge in [0.25, 0.3) is 11.7 Å². The summed E-state index contributed by atoms with van der Waals surface area (Å²) in [6, 6.07) is 73.6. The van der Waals surface area contributed by atoms with Crippen LogP contribution < -0.4 is 0 Å². The highest BCUT2D eigenvalue weighted by atomic mass is 15.3. The van der Waals surface area contributed by atoms with Crippen molar-refractivity contribution >= 4 is 33.5 Å². The van der Waals surface area contributed by atoms with Gasteiger partial charge in [0.2, 0.25) is 0 Å². The number of nitrogens with zero attached hydrogens (tertiary/aromatic N) is 3. The largest absolute Gasteiger partial charge is 0.309 e. The lowest BCUT2D eigenvalue weighted by Crippen LogP contribution is -2.43. The summed E-state index contributed by atoms with van der Waals surface area (Å²) in [5.41, 5.74) is 15.4. The average Bonchev–Trinajstić information content (AvgIpc) is 3.81. The van der Waals surface area contributed by atoms with E-state index in [1.807, 2.05) is 0 Å². The van der Waals surface area contributed by atoms with Crippen molar-refractivity contribution in [3.63, 3.8) is 0 Å². The molecule has 0 fully saturated rings. The van der Waals surface area contributed by atoms with Crippen LogP contribution in [-0.4, -0.2) is 26.9 Å². The first kappa shape index (κ1) is 34.4. The van der Waals surface area contributed by atoms with Gasteiger partial charge in [0.05, 0.1) is 27.6 Å². The van der Waals surface area contributed by atoms with E-state index in [1.54, 1.807) is 0 Å². The highest BCUT2D eigenvalue weighted by Crippen LogP contribution is 2.59. The Bertz CT molecular complexity index is 3220. The Kier molecular flexibility index (Phi) is 7.89. The highest BCUT2D eigenvalue weighted by Gasteiger charge is 2.47. The van der Waals surface area contributed by atoms with Gasteiger partial charge in [-0.2, -0.15) is 0 Å². The molecular formula is C57H40N3+. The second-order valence-corrected chi connectivity index (χ2v) is 16.0. The van der Waals surface area contributed by atoms with Crippen LogP contribution in [0.3, 0.4) is 0 Å². The standard InChI is InChI=1S/C57H40N3/c1-6-19-39(20-7-1)41-33-34-48-52(38-41)59(46-30-18-23-42(37-46)56-58-55(40-21-8-2-9-22-40)60(56)45-28-14-5-15-29-45)51-36-35-50-53(54(48)51)47-31-16-17-32-49(47)57(50,43-24-10-3-11-25-43)44-26-12-4-13-27-44/h1-28,30-38,45H,29H2/q+1. The van der Waals surface area contributed by atoms with Crippen molar-refractivity contribution < 1.29 is 4.58 Å². The zero-order chi connectivity index (χ0) is 39.6. The highest BCUT2D eigenvalue weighted by molar-refractivity contribution is 6.19. The summed E-state index contributed by atoms with van der Waals surface area (Å²) in [5, 5.41) is 2.51. The van der Waals surface area contributed by atoms with Gasteiger partial charge in [-0.25, -0.2) is 4.58 Å². The summed E-state index contributed by atoms with van der Waals surface area (Å²) in [6.45, 7) is 0. The summed E-state index contributed by atoms with van der Waals surface area (Å²) in [7, 11) is 0. The first-order chi connectivity index (χ1) is 29.8. The van der Waals surface area contributed by atoms with Crippen molar-refractivity contribution in [2.45, 2.75) is 17.9 Å². The average molecular weight is 767 g/mol. The van der Waals surface area contributed by atoms with Gasteiger partial charge in [-0.1, -0.05) is 181 Å². The van der Waals surface area contributed by atoms with E-state index in [2.05, 4.69) is 234 Å². The van der Waals surface area contributed by atoms with Crippen LogP contribution >= 0.6 is 0 Å². The van der Waals surface area contributed by atoms with Gasteiger partial charge in [-0.05, 0) is 93.0 Å². The Morgan fingerprint density at radius 1 is 0.517 bits per heavy atom. The van der Waals surface area contributed by atoms with Gasteiger partial charge in [0, 0.05) is 22.9 Å². The Balaban J connectivity index is 1.13. The lowest BCUT2D eigenvalue weighted by atomic mass is 9.67.